The number of anilines is 2. The molecule has 1 atom stereocenters. The summed E-state index contributed by atoms with van der Waals surface area (Å²) in [7, 11) is 0. The Balaban J connectivity index is 1.41. The van der Waals surface area contributed by atoms with E-state index < -0.39 is 11.9 Å². The maximum absolute atomic E-state index is 13.5. The molecule has 0 saturated carbocycles. The SMILES string of the molecule is Cc1nc2cccc(NCc3ccc(N4CCOCC4)cc3)c2c(=O)n1C1CCC(=O)NC1=O. The summed E-state index contributed by atoms with van der Waals surface area (Å²) < 4.78 is 6.83. The summed E-state index contributed by atoms with van der Waals surface area (Å²) in [6.45, 7) is 5.51. The summed E-state index contributed by atoms with van der Waals surface area (Å²) in [5.74, 6) is -0.334. The first kappa shape index (κ1) is 22.1. The Morgan fingerprint density at radius 1 is 1.09 bits per heavy atom. The van der Waals surface area contributed by atoms with Gasteiger partial charge in [0.05, 0.1) is 24.1 Å². The number of piperidine rings is 1. The number of carbonyl (C=O) groups is 2. The summed E-state index contributed by atoms with van der Waals surface area (Å²) in [5.41, 5.74) is 3.19. The van der Waals surface area contributed by atoms with Crippen LogP contribution in [0.1, 0.15) is 30.3 Å². The Morgan fingerprint density at radius 2 is 1.85 bits per heavy atom. The van der Waals surface area contributed by atoms with Crippen molar-refractivity contribution >= 4 is 34.1 Å². The minimum atomic E-state index is -0.747. The molecule has 2 N–H and O–H groups in total. The number of benzene rings is 2. The fraction of sp³-hybridized carbons (Fsp3) is 0.360. The van der Waals surface area contributed by atoms with Crippen LogP contribution in [0.25, 0.3) is 10.9 Å². The maximum Gasteiger partial charge on any atom is 0.264 e. The number of nitrogens with one attached hydrogen (secondary N) is 2. The van der Waals surface area contributed by atoms with Gasteiger partial charge in [-0.05, 0) is 43.2 Å². The predicted octanol–water partition coefficient (Wildman–Crippen LogP) is 2.13. The van der Waals surface area contributed by atoms with Gasteiger partial charge in [0.1, 0.15) is 11.9 Å². The maximum atomic E-state index is 13.5. The van der Waals surface area contributed by atoms with Gasteiger partial charge >= 0.3 is 0 Å². The van der Waals surface area contributed by atoms with Gasteiger partial charge in [0.15, 0.2) is 0 Å². The van der Waals surface area contributed by atoms with Crippen LogP contribution in [0.5, 0.6) is 0 Å². The van der Waals surface area contributed by atoms with Crippen molar-refractivity contribution in [1.82, 2.24) is 14.9 Å². The van der Waals surface area contributed by atoms with E-state index in [9.17, 15) is 14.4 Å². The monoisotopic (exact) mass is 461 g/mol. The quantitative estimate of drug-likeness (QED) is 0.561. The molecule has 3 heterocycles. The number of carbonyl (C=O) groups excluding carboxylic acids is 2. The molecule has 3 aromatic rings. The number of morpholine rings is 1. The van der Waals surface area contributed by atoms with E-state index in [-0.39, 0.29) is 24.3 Å². The second-order valence-electron chi connectivity index (χ2n) is 8.62. The molecule has 0 spiro atoms. The normalized spacial score (nSPS) is 18.7. The molecule has 1 unspecified atom stereocenters. The molecule has 2 saturated heterocycles. The fourth-order valence-electron chi connectivity index (χ4n) is 4.64. The lowest BCUT2D eigenvalue weighted by Crippen LogP contribution is -2.45. The number of imide groups is 1. The van der Waals surface area contributed by atoms with Crippen LogP contribution in [0.3, 0.4) is 0 Å². The van der Waals surface area contributed by atoms with Crippen LogP contribution >= 0.6 is 0 Å². The van der Waals surface area contributed by atoms with Crippen molar-refractivity contribution in [3.8, 4) is 0 Å². The molecule has 2 aromatic carbocycles. The van der Waals surface area contributed by atoms with Gasteiger partial charge < -0.3 is 15.0 Å². The highest BCUT2D eigenvalue weighted by Crippen LogP contribution is 2.24. The Kier molecular flexibility index (Phi) is 6.02. The van der Waals surface area contributed by atoms with Gasteiger partial charge in [-0.25, -0.2) is 4.98 Å². The number of aromatic nitrogens is 2. The molecular formula is C25H27N5O4. The van der Waals surface area contributed by atoms with Gasteiger partial charge in [0.25, 0.3) is 5.56 Å². The van der Waals surface area contributed by atoms with E-state index in [1.54, 1.807) is 13.0 Å². The molecule has 0 bridgehead atoms. The van der Waals surface area contributed by atoms with Crippen molar-refractivity contribution in [3.05, 3.63) is 64.2 Å². The van der Waals surface area contributed by atoms with Crippen LogP contribution in [0, 0.1) is 6.92 Å². The third kappa shape index (κ3) is 4.26. The van der Waals surface area contributed by atoms with Gasteiger partial charge in [0.2, 0.25) is 11.8 Å². The number of hydrogen-bond acceptors (Lipinski definition) is 7. The summed E-state index contributed by atoms with van der Waals surface area (Å²) in [6, 6.07) is 13.1. The van der Waals surface area contributed by atoms with Gasteiger partial charge in [-0.2, -0.15) is 0 Å². The van der Waals surface area contributed by atoms with E-state index in [0.717, 1.165) is 31.9 Å². The van der Waals surface area contributed by atoms with Crippen molar-refractivity contribution in [2.24, 2.45) is 0 Å². The molecule has 2 fully saturated rings. The zero-order valence-corrected chi connectivity index (χ0v) is 19.0. The minimum absolute atomic E-state index is 0.195. The van der Waals surface area contributed by atoms with Gasteiger partial charge in [-0.1, -0.05) is 18.2 Å². The van der Waals surface area contributed by atoms with E-state index in [4.69, 9.17) is 4.74 Å². The number of aryl methyl sites for hydroxylation is 1. The van der Waals surface area contributed by atoms with E-state index in [1.807, 2.05) is 12.1 Å². The van der Waals surface area contributed by atoms with Gasteiger partial charge in [-0.3, -0.25) is 24.3 Å². The van der Waals surface area contributed by atoms with Crippen molar-refractivity contribution in [3.63, 3.8) is 0 Å². The molecular weight excluding hydrogens is 434 g/mol. The second-order valence-corrected chi connectivity index (χ2v) is 8.62. The lowest BCUT2D eigenvalue weighted by molar-refractivity contribution is -0.135. The molecule has 2 aliphatic rings. The first-order valence-corrected chi connectivity index (χ1v) is 11.5. The molecule has 34 heavy (non-hydrogen) atoms. The molecule has 9 nitrogen and oxygen atoms in total. The summed E-state index contributed by atoms with van der Waals surface area (Å²) in [4.78, 5) is 44.4. The van der Waals surface area contributed by atoms with Crippen molar-refractivity contribution < 1.29 is 14.3 Å². The Bertz CT molecular complexity index is 1300. The molecule has 2 amide bonds. The van der Waals surface area contributed by atoms with E-state index in [1.165, 1.54) is 10.3 Å². The van der Waals surface area contributed by atoms with Crippen molar-refractivity contribution in [2.45, 2.75) is 32.4 Å². The van der Waals surface area contributed by atoms with Crippen LogP contribution in [0.2, 0.25) is 0 Å². The average Bonchev–Trinajstić information content (AvgIpc) is 2.84. The molecule has 9 heteroatoms. The van der Waals surface area contributed by atoms with Crippen LogP contribution in [-0.4, -0.2) is 47.7 Å². The number of amides is 2. The van der Waals surface area contributed by atoms with E-state index >= 15 is 0 Å². The average molecular weight is 462 g/mol. The number of ether oxygens (including phenoxy) is 1. The minimum Gasteiger partial charge on any atom is -0.380 e. The molecule has 5 rings (SSSR count). The molecule has 1 aromatic heterocycles. The van der Waals surface area contributed by atoms with Crippen LogP contribution in [0.4, 0.5) is 11.4 Å². The standard InChI is InChI=1S/C25H27N5O4/c1-16-27-20-4-2-3-19(23(20)25(33)30(16)21-9-10-22(31)28-24(21)32)26-15-17-5-7-18(8-6-17)29-11-13-34-14-12-29/h2-8,21,26H,9-15H2,1H3,(H,28,31,32). The van der Waals surface area contributed by atoms with Crippen LogP contribution in [0.15, 0.2) is 47.3 Å². The molecule has 176 valence electrons. The highest BCUT2D eigenvalue weighted by atomic mass is 16.5. The predicted molar refractivity (Wildman–Crippen MR) is 129 cm³/mol. The zero-order valence-electron chi connectivity index (χ0n) is 19.0. The van der Waals surface area contributed by atoms with Gasteiger partial charge in [-0.15, -0.1) is 0 Å². The third-order valence-corrected chi connectivity index (χ3v) is 6.42. The van der Waals surface area contributed by atoms with Gasteiger partial charge in [0, 0.05) is 37.4 Å². The number of rotatable bonds is 5. The second kappa shape index (κ2) is 9.26. The Labute approximate surface area is 196 Å². The third-order valence-electron chi connectivity index (χ3n) is 6.42. The van der Waals surface area contributed by atoms with Crippen LogP contribution < -0.4 is 21.1 Å². The molecule has 2 aliphatic heterocycles. The topological polar surface area (TPSA) is 106 Å². The highest BCUT2D eigenvalue weighted by molar-refractivity contribution is 5.99. The number of fused-ring (bicyclic) bond motifs is 1. The largest absolute Gasteiger partial charge is 0.380 e. The zero-order chi connectivity index (χ0) is 23.7. The Morgan fingerprint density at radius 3 is 2.59 bits per heavy atom. The molecule has 0 aliphatic carbocycles. The first-order chi connectivity index (χ1) is 16.5. The lowest BCUT2D eigenvalue weighted by atomic mass is 10.1. The van der Waals surface area contributed by atoms with Crippen molar-refractivity contribution in [1.29, 1.82) is 0 Å². The summed E-state index contributed by atoms with van der Waals surface area (Å²) >= 11 is 0. The Hall–Kier alpha value is -3.72. The fourth-order valence-corrected chi connectivity index (χ4v) is 4.64. The van der Waals surface area contributed by atoms with Crippen molar-refractivity contribution in [2.75, 3.05) is 36.5 Å². The lowest BCUT2D eigenvalue weighted by Gasteiger charge is -2.29. The van der Waals surface area contributed by atoms with Crippen LogP contribution in [-0.2, 0) is 20.9 Å². The summed E-state index contributed by atoms with van der Waals surface area (Å²) in [6.07, 6.45) is 0.477. The highest BCUT2D eigenvalue weighted by Gasteiger charge is 2.30. The number of hydrogen-bond donors (Lipinski definition) is 2. The molecule has 0 radical (unpaired) electrons. The first-order valence-electron chi connectivity index (χ1n) is 11.5. The number of nitrogens with zero attached hydrogens (tertiary/aromatic N) is 3. The van der Waals surface area contributed by atoms with E-state index in [0.29, 0.717) is 29.0 Å². The smallest absolute Gasteiger partial charge is 0.264 e. The summed E-state index contributed by atoms with van der Waals surface area (Å²) in [5, 5.41) is 6.13. The van der Waals surface area contributed by atoms with E-state index in [2.05, 4.69) is 44.8 Å².